The molecular weight excluding hydrogens is 300 g/mol. The fraction of sp³-hybridized carbons (Fsp3) is 0.526. The number of fused-ring (bicyclic) bond motifs is 1. The summed E-state index contributed by atoms with van der Waals surface area (Å²) in [6.45, 7) is 6.47. The number of aromatic amines is 1. The highest BCUT2D eigenvalue weighted by atomic mass is 16.1. The molecule has 0 radical (unpaired) electrons. The van der Waals surface area contributed by atoms with Crippen LogP contribution < -0.4 is 10.3 Å². The predicted molar refractivity (Wildman–Crippen MR) is 99.3 cm³/mol. The third-order valence-corrected chi connectivity index (χ3v) is 4.58. The molecule has 3 rings (SSSR count). The number of carbonyl (C=O) groups excluding carboxylic acids is 1. The highest BCUT2D eigenvalue weighted by Crippen LogP contribution is 2.26. The average molecular weight is 328 g/mol. The first-order chi connectivity index (χ1) is 11.6. The third kappa shape index (κ3) is 3.56. The Kier molecular flexibility index (Phi) is 5.09. The molecule has 5 nitrogen and oxygen atoms in total. The number of benzene rings is 1. The lowest BCUT2D eigenvalue weighted by Crippen LogP contribution is -2.41. The minimum absolute atomic E-state index is 0.0301. The highest BCUT2D eigenvalue weighted by molar-refractivity contribution is 6.07. The number of hydrogen-bond donors (Lipinski definition) is 2. The lowest BCUT2D eigenvalue weighted by molar-refractivity contribution is 0.0953. The maximum Gasteiger partial charge on any atom is 0.253 e. The van der Waals surface area contributed by atoms with Gasteiger partial charge in [0.15, 0.2) is 0 Å². The van der Waals surface area contributed by atoms with Crippen molar-refractivity contribution >= 4 is 22.5 Å². The van der Waals surface area contributed by atoms with E-state index in [9.17, 15) is 4.79 Å². The number of carbonyl (C=O) groups is 1. The Hall–Kier alpha value is -2.01. The molecule has 2 aromatic rings. The molecule has 2 N–H and O–H groups in total. The molecule has 0 aliphatic heterocycles. The minimum atomic E-state index is 0.0301. The summed E-state index contributed by atoms with van der Waals surface area (Å²) in [5, 5.41) is 8.64. The summed E-state index contributed by atoms with van der Waals surface area (Å²) >= 11 is 0. The van der Waals surface area contributed by atoms with Crippen LogP contribution in [0.4, 0.5) is 5.69 Å². The molecular formula is C19H28N4O. The molecule has 1 aliphatic rings. The summed E-state index contributed by atoms with van der Waals surface area (Å²) in [5.41, 5.74) is 2.86. The minimum Gasteiger partial charge on any atom is -0.360 e. The van der Waals surface area contributed by atoms with Gasteiger partial charge in [0, 0.05) is 43.3 Å². The molecule has 0 saturated heterocycles. The molecule has 0 atom stereocenters. The summed E-state index contributed by atoms with van der Waals surface area (Å²) in [5.74, 6) is 0.0301. The van der Waals surface area contributed by atoms with Crippen molar-refractivity contribution in [1.82, 2.24) is 15.3 Å². The van der Waals surface area contributed by atoms with Crippen LogP contribution in [0.25, 0.3) is 10.9 Å². The van der Waals surface area contributed by atoms with E-state index in [1.807, 2.05) is 6.20 Å². The molecule has 0 bridgehead atoms. The van der Waals surface area contributed by atoms with Crippen LogP contribution in [-0.4, -0.2) is 42.1 Å². The molecule has 1 fully saturated rings. The molecule has 130 valence electrons. The largest absolute Gasteiger partial charge is 0.360 e. The number of rotatable bonds is 8. The van der Waals surface area contributed by atoms with E-state index in [0.29, 0.717) is 6.04 Å². The summed E-state index contributed by atoms with van der Waals surface area (Å²) < 4.78 is 0. The topological polar surface area (TPSA) is 51.4 Å². The molecule has 1 heterocycles. The number of nitrogens with zero attached hydrogens (tertiary/aromatic N) is 2. The van der Waals surface area contributed by atoms with E-state index < -0.39 is 0 Å². The Bertz CT molecular complexity index is 698. The Morgan fingerprint density at radius 2 is 1.96 bits per heavy atom. The number of nitrogens with one attached hydrogen (secondary N) is 2. The predicted octanol–water partition coefficient (Wildman–Crippen LogP) is 3.53. The van der Waals surface area contributed by atoms with Crippen LogP contribution in [-0.2, 0) is 0 Å². The van der Waals surface area contributed by atoms with E-state index in [1.54, 1.807) is 0 Å². The highest BCUT2D eigenvalue weighted by Gasteiger charge is 2.25. The van der Waals surface area contributed by atoms with Gasteiger partial charge >= 0.3 is 0 Å². The normalized spacial score (nSPS) is 14.3. The van der Waals surface area contributed by atoms with Gasteiger partial charge in [0.05, 0.1) is 11.3 Å². The second-order valence-electron chi connectivity index (χ2n) is 6.66. The first kappa shape index (κ1) is 16.8. The number of amides is 1. The standard InChI is InChI=1S/C19H28N4O/c1-4-10-23(11-5-2)22(3)15-8-9-18-16(12-15)17(13-20-18)19(24)21-14-6-7-14/h8-9,12-14,20H,4-7,10-11H2,1-3H3,(H,21,24). The van der Waals surface area contributed by atoms with Crippen LogP contribution in [0.3, 0.4) is 0 Å². The van der Waals surface area contributed by atoms with E-state index in [0.717, 1.165) is 60.9 Å². The molecule has 1 amide bonds. The second kappa shape index (κ2) is 7.26. The average Bonchev–Trinajstić information content (AvgIpc) is 3.29. The Labute approximate surface area is 144 Å². The summed E-state index contributed by atoms with van der Waals surface area (Å²) in [6, 6.07) is 6.66. The van der Waals surface area contributed by atoms with Crippen LogP contribution in [0.5, 0.6) is 0 Å². The molecule has 1 aromatic carbocycles. The van der Waals surface area contributed by atoms with Crippen LogP contribution in [0, 0.1) is 0 Å². The van der Waals surface area contributed by atoms with Crippen LogP contribution in [0.1, 0.15) is 49.9 Å². The van der Waals surface area contributed by atoms with E-state index >= 15 is 0 Å². The van der Waals surface area contributed by atoms with Crippen molar-refractivity contribution in [3.05, 3.63) is 30.0 Å². The monoisotopic (exact) mass is 328 g/mol. The second-order valence-corrected chi connectivity index (χ2v) is 6.66. The van der Waals surface area contributed by atoms with Crippen molar-refractivity contribution in [3.8, 4) is 0 Å². The van der Waals surface area contributed by atoms with Crippen molar-refractivity contribution in [2.75, 3.05) is 25.1 Å². The van der Waals surface area contributed by atoms with Gasteiger partial charge in [-0.2, -0.15) is 0 Å². The van der Waals surface area contributed by atoms with Crippen LogP contribution in [0.15, 0.2) is 24.4 Å². The number of H-pyrrole nitrogens is 1. The lowest BCUT2D eigenvalue weighted by atomic mass is 10.1. The van der Waals surface area contributed by atoms with Gasteiger partial charge in [-0.25, -0.2) is 5.01 Å². The van der Waals surface area contributed by atoms with Gasteiger partial charge in [-0.3, -0.25) is 4.79 Å². The Morgan fingerprint density at radius 3 is 2.58 bits per heavy atom. The molecule has 24 heavy (non-hydrogen) atoms. The zero-order chi connectivity index (χ0) is 17.1. The van der Waals surface area contributed by atoms with Crippen molar-refractivity contribution in [2.45, 2.75) is 45.6 Å². The fourth-order valence-electron chi connectivity index (χ4n) is 3.08. The quantitative estimate of drug-likeness (QED) is 0.729. The number of hydrazine groups is 1. The summed E-state index contributed by atoms with van der Waals surface area (Å²) in [6.07, 6.45) is 6.26. The maximum absolute atomic E-state index is 12.4. The molecule has 5 heteroatoms. The SMILES string of the molecule is CCCN(CCC)N(C)c1ccc2[nH]cc(C(=O)NC3CC3)c2c1. The summed E-state index contributed by atoms with van der Waals surface area (Å²) in [7, 11) is 2.10. The number of hydrogen-bond acceptors (Lipinski definition) is 3. The first-order valence-electron chi connectivity index (χ1n) is 9.04. The van der Waals surface area contributed by atoms with Gasteiger partial charge in [-0.15, -0.1) is 0 Å². The van der Waals surface area contributed by atoms with Gasteiger partial charge in [-0.05, 0) is 43.9 Å². The smallest absolute Gasteiger partial charge is 0.253 e. The van der Waals surface area contributed by atoms with Crippen molar-refractivity contribution in [3.63, 3.8) is 0 Å². The van der Waals surface area contributed by atoms with Crippen LogP contribution in [0.2, 0.25) is 0 Å². The van der Waals surface area contributed by atoms with E-state index in [1.165, 1.54) is 0 Å². The van der Waals surface area contributed by atoms with Gasteiger partial charge < -0.3 is 15.3 Å². The maximum atomic E-state index is 12.4. The van der Waals surface area contributed by atoms with Crippen molar-refractivity contribution in [2.24, 2.45) is 0 Å². The first-order valence-corrected chi connectivity index (χ1v) is 9.04. The number of anilines is 1. The fourth-order valence-corrected chi connectivity index (χ4v) is 3.08. The zero-order valence-electron chi connectivity index (χ0n) is 14.9. The van der Waals surface area contributed by atoms with Gasteiger partial charge in [0.2, 0.25) is 0 Å². The van der Waals surface area contributed by atoms with Crippen molar-refractivity contribution < 1.29 is 4.79 Å². The Balaban J connectivity index is 1.87. The van der Waals surface area contributed by atoms with E-state index in [-0.39, 0.29) is 5.91 Å². The van der Waals surface area contributed by atoms with Gasteiger partial charge in [-0.1, -0.05) is 13.8 Å². The van der Waals surface area contributed by atoms with E-state index in [4.69, 9.17) is 0 Å². The molecule has 1 saturated carbocycles. The molecule has 0 spiro atoms. The van der Waals surface area contributed by atoms with Gasteiger partial charge in [0.1, 0.15) is 0 Å². The molecule has 1 aliphatic carbocycles. The number of aromatic nitrogens is 1. The van der Waals surface area contributed by atoms with Crippen LogP contribution >= 0.6 is 0 Å². The Morgan fingerprint density at radius 1 is 1.25 bits per heavy atom. The summed E-state index contributed by atoms with van der Waals surface area (Å²) in [4.78, 5) is 15.7. The van der Waals surface area contributed by atoms with E-state index in [2.05, 4.69) is 59.4 Å². The molecule has 0 unspecified atom stereocenters. The van der Waals surface area contributed by atoms with Crippen molar-refractivity contribution in [1.29, 1.82) is 0 Å². The van der Waals surface area contributed by atoms with Gasteiger partial charge in [0.25, 0.3) is 5.91 Å². The third-order valence-electron chi connectivity index (χ3n) is 4.58. The molecule has 1 aromatic heterocycles. The zero-order valence-corrected chi connectivity index (χ0v) is 14.9. The lowest BCUT2D eigenvalue weighted by Gasteiger charge is -2.33.